The van der Waals surface area contributed by atoms with E-state index in [-0.39, 0.29) is 11.7 Å². The summed E-state index contributed by atoms with van der Waals surface area (Å²) in [4.78, 5) is 12.6. The van der Waals surface area contributed by atoms with Gasteiger partial charge in [0.15, 0.2) is 0 Å². The number of nitrogens with two attached hydrogens (primary N) is 1. The van der Waals surface area contributed by atoms with Gasteiger partial charge in [0.05, 0.1) is 22.6 Å². The van der Waals surface area contributed by atoms with Crippen LogP contribution in [-0.4, -0.2) is 27.8 Å². The van der Waals surface area contributed by atoms with Crippen molar-refractivity contribution in [1.82, 2.24) is 15.1 Å². The van der Waals surface area contributed by atoms with Gasteiger partial charge in [0, 0.05) is 12.1 Å². The van der Waals surface area contributed by atoms with Gasteiger partial charge in [0.2, 0.25) is 0 Å². The molecule has 0 saturated heterocycles. The highest BCUT2D eigenvalue weighted by atomic mass is 19.1. The van der Waals surface area contributed by atoms with Crippen LogP contribution in [0.4, 0.5) is 4.39 Å². The van der Waals surface area contributed by atoms with Gasteiger partial charge in [-0.1, -0.05) is 13.8 Å². The van der Waals surface area contributed by atoms with Gasteiger partial charge in [0.1, 0.15) is 5.82 Å². The van der Waals surface area contributed by atoms with E-state index in [1.165, 1.54) is 12.1 Å². The molecule has 24 heavy (non-hydrogen) atoms. The second kappa shape index (κ2) is 7.13. The molecule has 5 nitrogen and oxygen atoms in total. The van der Waals surface area contributed by atoms with Crippen molar-refractivity contribution in [2.24, 2.45) is 5.73 Å². The maximum atomic E-state index is 13.1. The number of hydrogen-bond donors (Lipinski definition) is 2. The molecule has 1 aromatic heterocycles. The van der Waals surface area contributed by atoms with Crippen LogP contribution in [0.25, 0.3) is 5.69 Å². The van der Waals surface area contributed by atoms with Crippen LogP contribution in [0.1, 0.15) is 48.4 Å². The Morgan fingerprint density at radius 1 is 1.25 bits per heavy atom. The van der Waals surface area contributed by atoms with Gasteiger partial charge in [0.25, 0.3) is 5.91 Å². The van der Waals surface area contributed by atoms with E-state index in [4.69, 9.17) is 5.73 Å². The number of aromatic nitrogens is 2. The topological polar surface area (TPSA) is 72.9 Å². The van der Waals surface area contributed by atoms with Gasteiger partial charge >= 0.3 is 0 Å². The molecule has 1 heterocycles. The van der Waals surface area contributed by atoms with Gasteiger partial charge in [-0.25, -0.2) is 9.07 Å². The van der Waals surface area contributed by atoms with Crippen LogP contribution in [0.15, 0.2) is 24.3 Å². The van der Waals surface area contributed by atoms with E-state index in [2.05, 4.69) is 10.4 Å². The maximum absolute atomic E-state index is 13.1. The van der Waals surface area contributed by atoms with E-state index in [0.717, 1.165) is 12.8 Å². The van der Waals surface area contributed by atoms with E-state index >= 15 is 0 Å². The fraction of sp³-hybridized carbons (Fsp3) is 0.444. The minimum absolute atomic E-state index is 0.185. The summed E-state index contributed by atoms with van der Waals surface area (Å²) in [7, 11) is 0. The predicted molar refractivity (Wildman–Crippen MR) is 92.8 cm³/mol. The largest absolute Gasteiger partial charge is 0.350 e. The van der Waals surface area contributed by atoms with Crippen molar-refractivity contribution < 1.29 is 9.18 Å². The van der Waals surface area contributed by atoms with Crippen molar-refractivity contribution in [1.29, 1.82) is 0 Å². The number of halogens is 1. The van der Waals surface area contributed by atoms with Gasteiger partial charge in [-0.3, -0.25) is 4.79 Å². The minimum Gasteiger partial charge on any atom is -0.350 e. The molecule has 0 fully saturated rings. The number of amides is 1. The Morgan fingerprint density at radius 2 is 1.83 bits per heavy atom. The summed E-state index contributed by atoms with van der Waals surface area (Å²) in [5, 5.41) is 7.34. The molecule has 0 spiro atoms. The third-order valence-corrected chi connectivity index (χ3v) is 4.60. The van der Waals surface area contributed by atoms with Gasteiger partial charge in [-0.2, -0.15) is 5.10 Å². The summed E-state index contributed by atoms with van der Waals surface area (Å²) >= 11 is 0. The second-order valence-corrected chi connectivity index (χ2v) is 6.19. The third-order valence-electron chi connectivity index (χ3n) is 4.60. The molecule has 0 bridgehead atoms. The molecule has 3 N–H and O–H groups in total. The molecule has 1 aromatic carbocycles. The average molecular weight is 332 g/mol. The molecule has 0 aliphatic rings. The number of aryl methyl sites for hydroxylation is 1. The summed E-state index contributed by atoms with van der Waals surface area (Å²) in [5.74, 6) is -0.494. The number of carbonyl (C=O) groups is 1. The Kier molecular flexibility index (Phi) is 5.39. The average Bonchev–Trinajstić information content (AvgIpc) is 2.87. The van der Waals surface area contributed by atoms with E-state index in [0.29, 0.717) is 29.2 Å². The first kappa shape index (κ1) is 18.1. The minimum atomic E-state index is -0.398. The quantitative estimate of drug-likeness (QED) is 0.854. The zero-order valence-corrected chi connectivity index (χ0v) is 14.7. The number of hydrogen-bond acceptors (Lipinski definition) is 3. The zero-order chi connectivity index (χ0) is 17.9. The van der Waals surface area contributed by atoms with Crippen LogP contribution >= 0.6 is 0 Å². The fourth-order valence-electron chi connectivity index (χ4n) is 2.65. The molecule has 2 aromatic rings. The monoisotopic (exact) mass is 332 g/mol. The SMILES string of the molecule is CCC(N)(CC)CNC(=O)c1c(C)nn(-c2ccc(F)cc2)c1C. The first-order valence-corrected chi connectivity index (χ1v) is 8.20. The maximum Gasteiger partial charge on any atom is 0.255 e. The lowest BCUT2D eigenvalue weighted by molar-refractivity contribution is 0.0941. The summed E-state index contributed by atoms with van der Waals surface area (Å²) in [6.45, 7) is 8.06. The Labute approximate surface area is 142 Å². The normalized spacial score (nSPS) is 11.6. The second-order valence-electron chi connectivity index (χ2n) is 6.19. The Hall–Kier alpha value is -2.21. The standard InChI is InChI=1S/C18H25FN4O/c1-5-18(20,6-2)11-21-17(24)16-12(3)22-23(13(16)4)15-9-7-14(19)8-10-15/h7-10H,5-6,11,20H2,1-4H3,(H,21,24). The number of rotatable bonds is 6. The molecule has 0 atom stereocenters. The molecular formula is C18H25FN4O. The highest BCUT2D eigenvalue weighted by Gasteiger charge is 2.24. The molecule has 0 aliphatic heterocycles. The molecule has 0 saturated carbocycles. The van der Waals surface area contributed by atoms with Crippen LogP contribution in [0.5, 0.6) is 0 Å². The number of benzene rings is 1. The van der Waals surface area contributed by atoms with Crippen molar-refractivity contribution in [2.75, 3.05) is 6.54 Å². The lowest BCUT2D eigenvalue weighted by Crippen LogP contribution is -2.49. The molecule has 0 aliphatic carbocycles. The number of carbonyl (C=O) groups excluding carboxylic acids is 1. The van der Waals surface area contributed by atoms with E-state index in [1.807, 2.05) is 20.8 Å². The van der Waals surface area contributed by atoms with Crippen molar-refractivity contribution in [3.8, 4) is 5.69 Å². The lowest BCUT2D eigenvalue weighted by Gasteiger charge is -2.26. The van der Waals surface area contributed by atoms with Crippen molar-refractivity contribution in [3.05, 3.63) is 47.0 Å². The predicted octanol–water partition coefficient (Wildman–Crippen LogP) is 2.88. The number of nitrogens with zero attached hydrogens (tertiary/aromatic N) is 2. The molecule has 0 radical (unpaired) electrons. The Morgan fingerprint density at radius 3 is 2.38 bits per heavy atom. The summed E-state index contributed by atoms with van der Waals surface area (Å²) < 4.78 is 14.7. The summed E-state index contributed by atoms with van der Waals surface area (Å²) in [5.41, 5.74) is 8.43. The van der Waals surface area contributed by atoms with Crippen molar-refractivity contribution >= 4 is 5.91 Å². The molecule has 1 amide bonds. The van der Waals surface area contributed by atoms with Crippen molar-refractivity contribution in [3.63, 3.8) is 0 Å². The highest BCUT2D eigenvalue weighted by molar-refractivity contribution is 5.96. The molecule has 130 valence electrons. The van der Waals surface area contributed by atoms with Crippen LogP contribution in [0.3, 0.4) is 0 Å². The van der Waals surface area contributed by atoms with E-state index in [1.54, 1.807) is 23.7 Å². The highest BCUT2D eigenvalue weighted by Crippen LogP contribution is 2.19. The zero-order valence-electron chi connectivity index (χ0n) is 14.7. The lowest BCUT2D eigenvalue weighted by atomic mass is 9.94. The summed E-state index contributed by atoms with van der Waals surface area (Å²) in [6.07, 6.45) is 1.58. The fourth-order valence-corrected chi connectivity index (χ4v) is 2.65. The van der Waals surface area contributed by atoms with Gasteiger partial charge in [-0.15, -0.1) is 0 Å². The Bertz CT molecular complexity index is 717. The smallest absolute Gasteiger partial charge is 0.255 e. The van der Waals surface area contributed by atoms with Gasteiger partial charge in [-0.05, 0) is 51.0 Å². The third kappa shape index (κ3) is 3.64. The van der Waals surface area contributed by atoms with Crippen LogP contribution in [0, 0.1) is 19.7 Å². The van der Waals surface area contributed by atoms with Crippen LogP contribution in [0.2, 0.25) is 0 Å². The van der Waals surface area contributed by atoms with Crippen molar-refractivity contribution in [2.45, 2.75) is 46.1 Å². The Balaban J connectivity index is 2.25. The van der Waals surface area contributed by atoms with E-state index < -0.39 is 5.54 Å². The molecule has 0 unspecified atom stereocenters. The molecule has 2 rings (SSSR count). The molecular weight excluding hydrogens is 307 g/mol. The first-order valence-electron chi connectivity index (χ1n) is 8.20. The number of nitrogens with one attached hydrogen (secondary N) is 1. The van der Waals surface area contributed by atoms with Gasteiger partial charge < -0.3 is 11.1 Å². The summed E-state index contributed by atoms with van der Waals surface area (Å²) in [6, 6.07) is 6.01. The first-order chi connectivity index (χ1) is 11.3. The van der Waals surface area contributed by atoms with Crippen LogP contribution in [-0.2, 0) is 0 Å². The van der Waals surface area contributed by atoms with Crippen LogP contribution < -0.4 is 11.1 Å². The molecule has 6 heteroatoms. The van der Waals surface area contributed by atoms with E-state index in [9.17, 15) is 9.18 Å².